The smallest absolute Gasteiger partial charge is 0.163 e. The summed E-state index contributed by atoms with van der Waals surface area (Å²) in [4.78, 5) is 12.0. The van der Waals surface area contributed by atoms with Gasteiger partial charge in [-0.1, -0.05) is 35.9 Å². The van der Waals surface area contributed by atoms with Crippen LogP contribution in [0, 0.1) is 6.92 Å². The number of carbonyl (C=O) groups excluding carboxylic acids is 1. The van der Waals surface area contributed by atoms with Crippen LogP contribution in [0.5, 0.6) is 0 Å². The van der Waals surface area contributed by atoms with Gasteiger partial charge in [-0.05, 0) is 54.2 Å². The highest BCUT2D eigenvalue weighted by molar-refractivity contribution is 6.31. The third-order valence-corrected chi connectivity index (χ3v) is 4.25. The molecule has 0 radical (unpaired) electrons. The van der Waals surface area contributed by atoms with E-state index in [1.54, 1.807) is 0 Å². The van der Waals surface area contributed by atoms with Crippen molar-refractivity contribution >= 4 is 17.4 Å². The molecule has 0 unspecified atom stereocenters. The Bertz CT molecular complexity index is 658. The summed E-state index contributed by atoms with van der Waals surface area (Å²) in [5.74, 6) is 0.266. The van der Waals surface area contributed by atoms with Crippen molar-refractivity contribution in [3.8, 4) is 11.1 Å². The predicted molar refractivity (Wildman–Crippen MR) is 78.9 cm³/mol. The number of halogens is 1. The van der Waals surface area contributed by atoms with E-state index in [9.17, 15) is 4.79 Å². The molecule has 0 aliphatic heterocycles. The highest BCUT2D eigenvalue weighted by Crippen LogP contribution is 2.31. The molecule has 0 atom stereocenters. The van der Waals surface area contributed by atoms with Gasteiger partial charge in [-0.15, -0.1) is 0 Å². The molecular formula is C17H15ClO. The van der Waals surface area contributed by atoms with Gasteiger partial charge in [0.05, 0.1) is 0 Å². The molecule has 0 N–H and O–H groups in total. The van der Waals surface area contributed by atoms with Gasteiger partial charge in [-0.3, -0.25) is 4.79 Å². The van der Waals surface area contributed by atoms with Crippen LogP contribution < -0.4 is 0 Å². The first kappa shape index (κ1) is 12.4. The number of ketones is 1. The maximum atomic E-state index is 12.0. The minimum atomic E-state index is 0.266. The Labute approximate surface area is 118 Å². The number of benzene rings is 2. The van der Waals surface area contributed by atoms with E-state index in [0.29, 0.717) is 6.42 Å². The fourth-order valence-electron chi connectivity index (χ4n) is 2.72. The number of rotatable bonds is 1. The highest BCUT2D eigenvalue weighted by atomic mass is 35.5. The normalized spacial score (nSPS) is 14.3. The van der Waals surface area contributed by atoms with E-state index in [2.05, 4.69) is 18.2 Å². The first-order chi connectivity index (χ1) is 9.16. The van der Waals surface area contributed by atoms with Crippen LogP contribution in [0.15, 0.2) is 36.4 Å². The fraction of sp³-hybridized carbons (Fsp3) is 0.235. The van der Waals surface area contributed by atoms with E-state index in [1.807, 2.05) is 25.1 Å². The molecule has 2 heteroatoms. The zero-order chi connectivity index (χ0) is 13.4. The Hall–Kier alpha value is -1.60. The van der Waals surface area contributed by atoms with E-state index in [4.69, 9.17) is 11.6 Å². The van der Waals surface area contributed by atoms with Gasteiger partial charge >= 0.3 is 0 Å². The molecule has 0 saturated carbocycles. The van der Waals surface area contributed by atoms with Crippen molar-refractivity contribution in [2.75, 3.05) is 0 Å². The van der Waals surface area contributed by atoms with Crippen LogP contribution in [-0.2, 0) is 6.42 Å². The molecule has 0 bridgehead atoms. The summed E-state index contributed by atoms with van der Waals surface area (Å²) >= 11 is 6.17. The van der Waals surface area contributed by atoms with Crippen molar-refractivity contribution in [2.24, 2.45) is 0 Å². The van der Waals surface area contributed by atoms with E-state index < -0.39 is 0 Å². The van der Waals surface area contributed by atoms with Crippen LogP contribution in [0.1, 0.15) is 34.3 Å². The van der Waals surface area contributed by atoms with E-state index in [0.717, 1.165) is 40.1 Å². The van der Waals surface area contributed by atoms with Gasteiger partial charge in [0.25, 0.3) is 0 Å². The van der Waals surface area contributed by atoms with Crippen LogP contribution in [0.3, 0.4) is 0 Å². The fourth-order valence-corrected chi connectivity index (χ4v) is 2.89. The van der Waals surface area contributed by atoms with E-state index in [1.165, 1.54) is 5.56 Å². The minimum Gasteiger partial charge on any atom is -0.294 e. The van der Waals surface area contributed by atoms with Crippen LogP contribution in [0.2, 0.25) is 5.02 Å². The van der Waals surface area contributed by atoms with Crippen molar-refractivity contribution in [3.63, 3.8) is 0 Å². The summed E-state index contributed by atoms with van der Waals surface area (Å²) in [5, 5.41) is 0.765. The third-order valence-electron chi connectivity index (χ3n) is 3.84. The monoisotopic (exact) mass is 270 g/mol. The number of aryl methyl sites for hydroxylation is 1. The molecule has 3 rings (SSSR count). The molecule has 0 heterocycles. The number of carbonyl (C=O) groups is 1. The molecule has 2 aromatic carbocycles. The lowest BCUT2D eigenvalue weighted by atomic mass is 9.87. The molecule has 0 amide bonds. The molecule has 96 valence electrons. The number of hydrogen-bond acceptors (Lipinski definition) is 1. The molecular weight excluding hydrogens is 256 g/mol. The maximum absolute atomic E-state index is 12.0. The Morgan fingerprint density at radius 1 is 1.05 bits per heavy atom. The van der Waals surface area contributed by atoms with E-state index >= 15 is 0 Å². The zero-order valence-corrected chi connectivity index (χ0v) is 11.6. The SMILES string of the molecule is Cc1c(Cl)cccc1-c1ccc2c(c1)C(=O)CCC2. The largest absolute Gasteiger partial charge is 0.294 e. The summed E-state index contributed by atoms with van der Waals surface area (Å²) < 4.78 is 0. The molecule has 0 saturated heterocycles. The van der Waals surface area contributed by atoms with Crippen molar-refractivity contribution in [1.29, 1.82) is 0 Å². The zero-order valence-electron chi connectivity index (χ0n) is 10.9. The minimum absolute atomic E-state index is 0.266. The Kier molecular flexibility index (Phi) is 3.16. The van der Waals surface area contributed by atoms with Crippen molar-refractivity contribution in [1.82, 2.24) is 0 Å². The highest BCUT2D eigenvalue weighted by Gasteiger charge is 2.18. The molecule has 0 spiro atoms. The second-order valence-electron chi connectivity index (χ2n) is 5.06. The van der Waals surface area contributed by atoms with Crippen molar-refractivity contribution in [2.45, 2.75) is 26.2 Å². The van der Waals surface area contributed by atoms with Gasteiger partial charge in [0, 0.05) is 17.0 Å². The summed E-state index contributed by atoms with van der Waals surface area (Å²) in [6, 6.07) is 12.1. The average molecular weight is 271 g/mol. The molecule has 0 fully saturated rings. The quantitative estimate of drug-likeness (QED) is 0.725. The lowest BCUT2D eigenvalue weighted by molar-refractivity contribution is 0.0972. The first-order valence-corrected chi connectivity index (χ1v) is 6.96. The molecule has 1 aliphatic carbocycles. The first-order valence-electron chi connectivity index (χ1n) is 6.58. The van der Waals surface area contributed by atoms with Gasteiger partial charge in [0.2, 0.25) is 0 Å². The number of hydrogen-bond donors (Lipinski definition) is 0. The standard InChI is InChI=1S/C17H15ClO/c1-11-14(5-3-6-16(11)18)13-9-8-12-4-2-7-17(19)15(12)10-13/h3,5-6,8-10H,2,4,7H2,1H3. The van der Waals surface area contributed by atoms with Crippen molar-refractivity contribution in [3.05, 3.63) is 58.1 Å². The van der Waals surface area contributed by atoms with Gasteiger partial charge < -0.3 is 0 Å². The summed E-state index contributed by atoms with van der Waals surface area (Å²) in [7, 11) is 0. The summed E-state index contributed by atoms with van der Waals surface area (Å²) in [5.41, 5.74) is 5.32. The molecule has 19 heavy (non-hydrogen) atoms. The van der Waals surface area contributed by atoms with Crippen LogP contribution in [0.4, 0.5) is 0 Å². The second-order valence-corrected chi connectivity index (χ2v) is 5.47. The Balaban J connectivity index is 2.14. The Morgan fingerprint density at radius 3 is 2.74 bits per heavy atom. The Morgan fingerprint density at radius 2 is 1.89 bits per heavy atom. The van der Waals surface area contributed by atoms with Gasteiger partial charge in [0.15, 0.2) is 5.78 Å². The maximum Gasteiger partial charge on any atom is 0.163 e. The average Bonchev–Trinajstić information content (AvgIpc) is 2.42. The number of Topliss-reactive ketones (excluding diaryl/α,β-unsaturated/α-hetero) is 1. The molecule has 1 aliphatic rings. The van der Waals surface area contributed by atoms with Crippen LogP contribution >= 0.6 is 11.6 Å². The van der Waals surface area contributed by atoms with Gasteiger partial charge in [0.1, 0.15) is 0 Å². The second kappa shape index (κ2) is 4.82. The van der Waals surface area contributed by atoms with Crippen LogP contribution in [-0.4, -0.2) is 5.78 Å². The molecule has 2 aromatic rings. The van der Waals surface area contributed by atoms with Gasteiger partial charge in [-0.2, -0.15) is 0 Å². The summed E-state index contributed by atoms with van der Waals surface area (Å²) in [6.07, 6.45) is 2.65. The topological polar surface area (TPSA) is 17.1 Å². The third kappa shape index (κ3) is 2.19. The lowest BCUT2D eigenvalue weighted by Crippen LogP contribution is -2.10. The molecule has 1 nitrogen and oxygen atoms in total. The lowest BCUT2D eigenvalue weighted by Gasteiger charge is -2.16. The van der Waals surface area contributed by atoms with E-state index in [-0.39, 0.29) is 5.78 Å². The number of fused-ring (bicyclic) bond motifs is 1. The summed E-state index contributed by atoms with van der Waals surface area (Å²) in [6.45, 7) is 2.01. The van der Waals surface area contributed by atoms with Crippen molar-refractivity contribution < 1.29 is 4.79 Å². The van der Waals surface area contributed by atoms with Crippen LogP contribution in [0.25, 0.3) is 11.1 Å². The molecule has 0 aromatic heterocycles. The predicted octanol–water partition coefficient (Wildman–Crippen LogP) is 4.83. The van der Waals surface area contributed by atoms with Gasteiger partial charge in [-0.25, -0.2) is 0 Å².